The molecule has 0 spiro atoms. The summed E-state index contributed by atoms with van der Waals surface area (Å²) in [6.07, 6.45) is 4.25. The second kappa shape index (κ2) is 8.65. The van der Waals surface area contributed by atoms with Crippen LogP contribution in [0, 0.1) is 0 Å². The van der Waals surface area contributed by atoms with Crippen LogP contribution >= 0.6 is 0 Å². The number of esters is 1. The summed E-state index contributed by atoms with van der Waals surface area (Å²) >= 11 is 0. The van der Waals surface area contributed by atoms with Gasteiger partial charge in [0.2, 0.25) is 0 Å². The molecule has 0 radical (unpaired) electrons. The fourth-order valence-corrected chi connectivity index (χ4v) is 5.06. The molecule has 0 aromatic heterocycles. The first kappa shape index (κ1) is 21.5. The van der Waals surface area contributed by atoms with E-state index in [2.05, 4.69) is 38.9 Å². The first-order valence-corrected chi connectivity index (χ1v) is 13.4. The van der Waals surface area contributed by atoms with Gasteiger partial charge in [0.15, 0.2) is 8.32 Å². The Kier molecular flexibility index (Phi) is 6.64. The van der Waals surface area contributed by atoms with Crippen LogP contribution in [-0.4, -0.2) is 50.8 Å². The number of fused-ring (bicyclic) bond motifs is 2. The summed E-state index contributed by atoms with van der Waals surface area (Å²) in [5, 5.41) is 2.35. The molecule has 2 saturated heterocycles. The van der Waals surface area contributed by atoms with Crippen molar-refractivity contribution < 1.29 is 18.8 Å². The molecule has 0 saturated carbocycles. The molecule has 3 rings (SSSR count). The molecule has 2 heterocycles. The van der Waals surface area contributed by atoms with Gasteiger partial charge >= 0.3 is 5.97 Å². The molecule has 0 N–H and O–H groups in total. The highest BCUT2D eigenvalue weighted by Gasteiger charge is 2.46. The van der Waals surface area contributed by atoms with Crippen LogP contribution in [0.2, 0.25) is 18.1 Å². The molecular weight excluding hydrogens is 370 g/mol. The number of hydrogen-bond donors (Lipinski definition) is 0. The van der Waals surface area contributed by atoms with E-state index in [0.717, 1.165) is 32.2 Å². The van der Waals surface area contributed by atoms with E-state index in [9.17, 15) is 4.79 Å². The Hall–Kier alpha value is -1.21. The van der Waals surface area contributed by atoms with Crippen molar-refractivity contribution in [2.24, 2.45) is 0 Å². The maximum Gasteiger partial charge on any atom is 0.338 e. The number of carbonyl (C=O) groups is 1. The maximum atomic E-state index is 12.0. The number of ether oxygens (including phenoxy) is 1. The van der Waals surface area contributed by atoms with Gasteiger partial charge in [-0.25, -0.2) is 4.79 Å². The molecule has 4 atom stereocenters. The summed E-state index contributed by atoms with van der Waals surface area (Å²) < 4.78 is 12.1. The molecule has 6 heteroatoms. The van der Waals surface area contributed by atoms with Crippen LogP contribution in [0.15, 0.2) is 30.3 Å². The van der Waals surface area contributed by atoms with Crippen LogP contribution in [0.5, 0.6) is 0 Å². The molecule has 1 unspecified atom stereocenters. The van der Waals surface area contributed by atoms with Crippen molar-refractivity contribution in [1.82, 2.24) is 5.06 Å². The van der Waals surface area contributed by atoms with Gasteiger partial charge < -0.3 is 9.16 Å². The molecule has 1 aromatic carbocycles. The van der Waals surface area contributed by atoms with Crippen molar-refractivity contribution >= 4 is 14.3 Å². The third kappa shape index (κ3) is 5.03. The van der Waals surface area contributed by atoms with E-state index >= 15 is 0 Å². The fraction of sp³-hybridized carbons (Fsp3) is 0.682. The minimum absolute atomic E-state index is 0.166. The second-order valence-electron chi connectivity index (χ2n) is 9.52. The molecule has 28 heavy (non-hydrogen) atoms. The van der Waals surface area contributed by atoms with Gasteiger partial charge in [0.1, 0.15) is 6.10 Å². The number of benzene rings is 1. The van der Waals surface area contributed by atoms with Gasteiger partial charge in [0.25, 0.3) is 0 Å². The van der Waals surface area contributed by atoms with Gasteiger partial charge in [-0.15, -0.1) is 0 Å². The van der Waals surface area contributed by atoms with E-state index in [0.29, 0.717) is 18.2 Å². The van der Waals surface area contributed by atoms with E-state index in [-0.39, 0.29) is 23.2 Å². The van der Waals surface area contributed by atoms with Crippen LogP contribution < -0.4 is 0 Å². The van der Waals surface area contributed by atoms with Gasteiger partial charge in [-0.1, -0.05) is 39.0 Å². The molecule has 0 aliphatic carbocycles. The Morgan fingerprint density at radius 3 is 2.64 bits per heavy atom. The zero-order chi connectivity index (χ0) is 20.4. The number of rotatable bonds is 7. The normalized spacial score (nSPS) is 27.6. The Balaban J connectivity index is 1.43. The minimum atomic E-state index is -1.79. The topological polar surface area (TPSA) is 48.0 Å². The lowest BCUT2D eigenvalue weighted by Gasteiger charge is -2.42. The van der Waals surface area contributed by atoms with E-state index < -0.39 is 8.32 Å². The fourth-order valence-electron chi connectivity index (χ4n) is 3.68. The monoisotopic (exact) mass is 405 g/mol. The van der Waals surface area contributed by atoms with Crippen molar-refractivity contribution in [3.05, 3.63) is 35.9 Å². The van der Waals surface area contributed by atoms with Crippen molar-refractivity contribution in [2.75, 3.05) is 13.2 Å². The summed E-state index contributed by atoms with van der Waals surface area (Å²) in [5.41, 5.74) is 0.608. The zero-order valence-electron chi connectivity index (χ0n) is 17.9. The molecular formula is C22H35NO4Si. The highest BCUT2D eigenvalue weighted by atomic mass is 28.4. The molecule has 0 amide bonds. The van der Waals surface area contributed by atoms with Crippen molar-refractivity contribution in [3.8, 4) is 0 Å². The maximum absolute atomic E-state index is 12.0. The standard InChI is InChI=1S/C22H35NO4Si/c1-22(2,3)28(4,5)27-19-13-14-23-18(16-20(19)26-23)12-9-15-25-21(24)17-10-7-6-8-11-17/h6-8,10-11,18-20H,9,12-16H2,1-5H3/t18-,19-,20-/m1/s1. The number of hydrogen-bond acceptors (Lipinski definition) is 5. The minimum Gasteiger partial charge on any atom is -0.462 e. The van der Waals surface area contributed by atoms with Gasteiger partial charge in [-0.05, 0) is 55.9 Å². The molecule has 5 nitrogen and oxygen atoms in total. The van der Waals surface area contributed by atoms with Gasteiger partial charge in [-0.2, -0.15) is 5.06 Å². The highest BCUT2D eigenvalue weighted by molar-refractivity contribution is 6.74. The Morgan fingerprint density at radius 2 is 1.96 bits per heavy atom. The quantitative estimate of drug-likeness (QED) is 0.371. The summed E-state index contributed by atoms with van der Waals surface area (Å²) in [6, 6.07) is 9.55. The lowest BCUT2D eigenvalue weighted by molar-refractivity contribution is -0.214. The Morgan fingerprint density at radius 1 is 1.25 bits per heavy atom. The average molecular weight is 406 g/mol. The summed E-state index contributed by atoms with van der Waals surface area (Å²) in [7, 11) is -1.79. The largest absolute Gasteiger partial charge is 0.462 e. The third-order valence-electron chi connectivity index (χ3n) is 6.41. The van der Waals surface area contributed by atoms with E-state index in [4.69, 9.17) is 14.0 Å². The molecule has 2 aliphatic heterocycles. The molecule has 156 valence electrons. The van der Waals surface area contributed by atoms with Crippen LogP contribution in [-0.2, 0) is 14.0 Å². The highest BCUT2D eigenvalue weighted by Crippen LogP contribution is 2.41. The molecule has 2 bridgehead atoms. The summed E-state index contributed by atoms with van der Waals surface area (Å²) in [5.74, 6) is -0.245. The number of hydroxylamine groups is 2. The Labute approximate surface area is 170 Å². The van der Waals surface area contributed by atoms with Crippen LogP contribution in [0.4, 0.5) is 0 Å². The van der Waals surface area contributed by atoms with Gasteiger partial charge in [0, 0.05) is 12.6 Å². The van der Waals surface area contributed by atoms with Crippen molar-refractivity contribution in [1.29, 1.82) is 0 Å². The van der Waals surface area contributed by atoms with E-state index in [1.54, 1.807) is 12.1 Å². The lowest BCUT2D eigenvalue weighted by atomic mass is 10.0. The molecule has 2 fully saturated rings. The first-order valence-electron chi connectivity index (χ1n) is 10.5. The number of nitrogens with zero attached hydrogens (tertiary/aromatic N) is 1. The predicted molar refractivity (Wildman–Crippen MR) is 113 cm³/mol. The predicted octanol–water partition coefficient (Wildman–Crippen LogP) is 4.79. The van der Waals surface area contributed by atoms with Crippen LogP contribution in [0.1, 0.15) is 56.8 Å². The smallest absolute Gasteiger partial charge is 0.338 e. The van der Waals surface area contributed by atoms with Crippen LogP contribution in [0.25, 0.3) is 0 Å². The summed E-state index contributed by atoms with van der Waals surface area (Å²) in [6.45, 7) is 12.8. The third-order valence-corrected chi connectivity index (χ3v) is 10.9. The SMILES string of the molecule is CC(C)(C)[Si](C)(C)O[C@@H]1CCN2O[C@@H]1C[C@H]2CCCOC(=O)c1ccccc1. The zero-order valence-corrected chi connectivity index (χ0v) is 18.9. The van der Waals surface area contributed by atoms with Gasteiger partial charge in [-0.3, -0.25) is 4.84 Å². The van der Waals surface area contributed by atoms with Crippen LogP contribution in [0.3, 0.4) is 0 Å². The molecule has 2 aliphatic rings. The molecule has 1 aromatic rings. The first-order chi connectivity index (χ1) is 13.2. The van der Waals surface area contributed by atoms with E-state index in [1.807, 2.05) is 18.2 Å². The van der Waals surface area contributed by atoms with Gasteiger partial charge in [0.05, 0.1) is 18.3 Å². The summed E-state index contributed by atoms with van der Waals surface area (Å²) in [4.78, 5) is 18.2. The van der Waals surface area contributed by atoms with Crippen molar-refractivity contribution in [3.63, 3.8) is 0 Å². The number of carbonyl (C=O) groups excluding carboxylic acids is 1. The lowest BCUT2D eigenvalue weighted by Crippen LogP contribution is -2.49. The Bertz CT molecular complexity index is 658. The van der Waals surface area contributed by atoms with Crippen molar-refractivity contribution in [2.45, 2.75) is 82.8 Å². The van der Waals surface area contributed by atoms with E-state index in [1.165, 1.54) is 0 Å². The average Bonchev–Trinajstić information content (AvgIpc) is 2.98. The second-order valence-corrected chi connectivity index (χ2v) is 14.3.